The molecular weight excluding hydrogens is 398 g/mol. The van der Waals surface area contributed by atoms with E-state index in [4.69, 9.17) is 4.74 Å². The Bertz CT molecular complexity index is 644. The molecule has 0 saturated heterocycles. The van der Waals surface area contributed by atoms with Crippen LogP contribution in [0.4, 0.5) is 5.69 Å². The van der Waals surface area contributed by atoms with Crippen molar-refractivity contribution in [3.8, 4) is 5.75 Å². The fraction of sp³-hybridized carbons (Fsp3) is 0.188. The van der Waals surface area contributed by atoms with Crippen molar-refractivity contribution in [1.29, 1.82) is 0 Å². The van der Waals surface area contributed by atoms with E-state index in [2.05, 4.69) is 44.1 Å². The molecular formula is C16H15Br2NO2. The van der Waals surface area contributed by atoms with Crippen molar-refractivity contribution in [2.45, 2.75) is 13.3 Å². The van der Waals surface area contributed by atoms with Crippen LogP contribution in [0.25, 0.3) is 0 Å². The van der Waals surface area contributed by atoms with Gasteiger partial charge in [-0.1, -0.05) is 44.8 Å². The number of ether oxygens (including phenoxy) is 1. The molecule has 0 fully saturated rings. The average molecular weight is 413 g/mol. The molecule has 0 saturated carbocycles. The summed E-state index contributed by atoms with van der Waals surface area (Å²) in [6.45, 7) is 2.04. The first kappa shape index (κ1) is 16.0. The molecule has 1 amide bonds. The van der Waals surface area contributed by atoms with Gasteiger partial charge in [0.25, 0.3) is 5.91 Å². The highest BCUT2D eigenvalue weighted by atomic mass is 79.9. The largest absolute Gasteiger partial charge is 0.483 e. The van der Waals surface area contributed by atoms with Crippen LogP contribution in [0.5, 0.6) is 5.75 Å². The first-order valence-corrected chi connectivity index (χ1v) is 8.13. The van der Waals surface area contributed by atoms with E-state index in [1.807, 2.05) is 42.5 Å². The second-order valence-electron chi connectivity index (χ2n) is 4.45. The number of rotatable bonds is 5. The topological polar surface area (TPSA) is 38.3 Å². The van der Waals surface area contributed by atoms with E-state index in [0.717, 1.165) is 32.4 Å². The number of carbonyl (C=O) groups is 1. The predicted octanol–water partition coefficient (Wildman–Crippen LogP) is 4.79. The van der Waals surface area contributed by atoms with Crippen molar-refractivity contribution in [3.63, 3.8) is 0 Å². The number of carbonyl (C=O) groups excluding carboxylic acids is 1. The summed E-state index contributed by atoms with van der Waals surface area (Å²) in [6, 6.07) is 13.2. The molecule has 0 unspecified atom stereocenters. The molecule has 21 heavy (non-hydrogen) atoms. The zero-order chi connectivity index (χ0) is 15.2. The van der Waals surface area contributed by atoms with Crippen LogP contribution < -0.4 is 10.1 Å². The summed E-state index contributed by atoms with van der Waals surface area (Å²) in [4.78, 5) is 11.9. The quantitative estimate of drug-likeness (QED) is 0.766. The minimum atomic E-state index is -0.182. The smallest absolute Gasteiger partial charge is 0.262 e. The molecule has 2 aromatic carbocycles. The summed E-state index contributed by atoms with van der Waals surface area (Å²) >= 11 is 6.80. The van der Waals surface area contributed by atoms with Crippen LogP contribution in [0, 0.1) is 0 Å². The van der Waals surface area contributed by atoms with Gasteiger partial charge in [-0.05, 0) is 48.4 Å². The van der Waals surface area contributed by atoms with E-state index >= 15 is 0 Å². The van der Waals surface area contributed by atoms with Gasteiger partial charge in [0.2, 0.25) is 0 Å². The summed E-state index contributed by atoms with van der Waals surface area (Å²) in [5, 5.41) is 2.80. The van der Waals surface area contributed by atoms with Gasteiger partial charge in [-0.25, -0.2) is 0 Å². The maximum absolute atomic E-state index is 11.9. The first-order valence-electron chi connectivity index (χ1n) is 6.55. The molecule has 0 aliphatic heterocycles. The molecule has 0 radical (unpaired) electrons. The van der Waals surface area contributed by atoms with Crippen LogP contribution in [-0.4, -0.2) is 12.5 Å². The maximum atomic E-state index is 11.9. The number of aryl methyl sites for hydroxylation is 1. The predicted molar refractivity (Wildman–Crippen MR) is 91.8 cm³/mol. The number of hydrogen-bond acceptors (Lipinski definition) is 2. The van der Waals surface area contributed by atoms with Crippen molar-refractivity contribution in [2.24, 2.45) is 0 Å². The Hall–Kier alpha value is -1.33. The Balaban J connectivity index is 1.95. The Morgan fingerprint density at radius 3 is 2.62 bits per heavy atom. The monoisotopic (exact) mass is 411 g/mol. The van der Waals surface area contributed by atoms with Crippen LogP contribution in [0.1, 0.15) is 12.5 Å². The number of anilines is 1. The lowest BCUT2D eigenvalue weighted by Gasteiger charge is -2.11. The minimum Gasteiger partial charge on any atom is -0.483 e. The molecule has 5 heteroatoms. The van der Waals surface area contributed by atoms with Crippen LogP contribution in [0.15, 0.2) is 51.4 Å². The standard InChI is InChI=1S/C16H15Br2NO2/c1-2-11-8-13(18)6-7-15(11)21-10-16(20)19-14-5-3-4-12(17)9-14/h3-9H,2,10H2,1H3,(H,19,20). The second kappa shape index (κ2) is 7.61. The summed E-state index contributed by atoms with van der Waals surface area (Å²) < 4.78 is 7.53. The van der Waals surface area contributed by atoms with E-state index in [0.29, 0.717) is 0 Å². The Morgan fingerprint density at radius 2 is 1.90 bits per heavy atom. The zero-order valence-electron chi connectivity index (χ0n) is 11.5. The van der Waals surface area contributed by atoms with Crippen LogP contribution in [0.2, 0.25) is 0 Å². The molecule has 3 nitrogen and oxygen atoms in total. The van der Waals surface area contributed by atoms with E-state index in [-0.39, 0.29) is 12.5 Å². The van der Waals surface area contributed by atoms with Crippen LogP contribution in [0.3, 0.4) is 0 Å². The molecule has 110 valence electrons. The highest BCUT2D eigenvalue weighted by molar-refractivity contribution is 9.10. The number of halogens is 2. The van der Waals surface area contributed by atoms with E-state index in [9.17, 15) is 4.79 Å². The van der Waals surface area contributed by atoms with Crippen molar-refractivity contribution in [1.82, 2.24) is 0 Å². The van der Waals surface area contributed by atoms with Gasteiger partial charge in [0.05, 0.1) is 0 Å². The number of benzene rings is 2. The number of hydrogen-bond donors (Lipinski definition) is 1. The minimum absolute atomic E-state index is 0.0128. The van der Waals surface area contributed by atoms with Gasteiger partial charge in [0, 0.05) is 14.6 Å². The second-order valence-corrected chi connectivity index (χ2v) is 6.28. The van der Waals surface area contributed by atoms with Gasteiger partial charge in [0.1, 0.15) is 5.75 Å². The molecule has 0 aromatic heterocycles. The Morgan fingerprint density at radius 1 is 1.14 bits per heavy atom. The molecule has 0 bridgehead atoms. The van der Waals surface area contributed by atoms with Crippen molar-refractivity contribution in [3.05, 3.63) is 57.0 Å². The molecule has 0 heterocycles. The van der Waals surface area contributed by atoms with E-state index < -0.39 is 0 Å². The van der Waals surface area contributed by atoms with Crippen molar-refractivity contribution in [2.75, 3.05) is 11.9 Å². The number of nitrogens with one attached hydrogen (secondary N) is 1. The maximum Gasteiger partial charge on any atom is 0.262 e. The molecule has 0 atom stereocenters. The van der Waals surface area contributed by atoms with Gasteiger partial charge < -0.3 is 10.1 Å². The van der Waals surface area contributed by atoms with Crippen molar-refractivity contribution < 1.29 is 9.53 Å². The summed E-state index contributed by atoms with van der Waals surface area (Å²) in [6.07, 6.45) is 0.849. The summed E-state index contributed by atoms with van der Waals surface area (Å²) in [5.74, 6) is 0.558. The van der Waals surface area contributed by atoms with Gasteiger partial charge in [-0.15, -0.1) is 0 Å². The molecule has 1 N–H and O–H groups in total. The Kier molecular flexibility index (Phi) is 5.82. The number of amides is 1. The van der Waals surface area contributed by atoms with E-state index in [1.165, 1.54) is 0 Å². The Labute approximate surface area is 141 Å². The lowest BCUT2D eigenvalue weighted by molar-refractivity contribution is -0.118. The average Bonchev–Trinajstić information content (AvgIpc) is 2.45. The molecule has 0 aliphatic rings. The molecule has 2 rings (SSSR count). The lowest BCUT2D eigenvalue weighted by Crippen LogP contribution is -2.20. The fourth-order valence-corrected chi connectivity index (χ4v) is 2.68. The van der Waals surface area contributed by atoms with Gasteiger partial charge >= 0.3 is 0 Å². The fourth-order valence-electron chi connectivity index (χ4n) is 1.87. The van der Waals surface area contributed by atoms with Crippen LogP contribution >= 0.6 is 31.9 Å². The van der Waals surface area contributed by atoms with Gasteiger partial charge in [-0.3, -0.25) is 4.79 Å². The normalized spacial score (nSPS) is 10.2. The SMILES string of the molecule is CCc1cc(Br)ccc1OCC(=O)Nc1cccc(Br)c1. The summed E-state index contributed by atoms with van der Waals surface area (Å²) in [5.41, 5.74) is 1.81. The highest BCUT2D eigenvalue weighted by Crippen LogP contribution is 2.23. The van der Waals surface area contributed by atoms with Crippen LogP contribution in [-0.2, 0) is 11.2 Å². The first-order chi connectivity index (χ1) is 10.1. The van der Waals surface area contributed by atoms with E-state index in [1.54, 1.807) is 0 Å². The third kappa shape index (κ3) is 4.86. The highest BCUT2D eigenvalue weighted by Gasteiger charge is 2.07. The van der Waals surface area contributed by atoms with Gasteiger partial charge in [-0.2, -0.15) is 0 Å². The third-order valence-corrected chi connectivity index (χ3v) is 3.86. The zero-order valence-corrected chi connectivity index (χ0v) is 14.7. The lowest BCUT2D eigenvalue weighted by atomic mass is 10.1. The van der Waals surface area contributed by atoms with Gasteiger partial charge in [0.15, 0.2) is 6.61 Å². The summed E-state index contributed by atoms with van der Waals surface area (Å²) in [7, 11) is 0. The molecule has 0 aliphatic carbocycles. The van der Waals surface area contributed by atoms with Crippen molar-refractivity contribution >= 4 is 43.5 Å². The molecule has 2 aromatic rings. The molecule has 0 spiro atoms. The third-order valence-electron chi connectivity index (χ3n) is 2.87.